The maximum absolute atomic E-state index is 5.76. The lowest BCUT2D eigenvalue weighted by Crippen LogP contribution is -2.19. The predicted octanol–water partition coefficient (Wildman–Crippen LogP) is 2.20. The van der Waals surface area contributed by atoms with Gasteiger partial charge in [0.1, 0.15) is 18.1 Å². The summed E-state index contributed by atoms with van der Waals surface area (Å²) < 4.78 is 11.0. The van der Waals surface area contributed by atoms with Crippen LogP contribution in [0.15, 0.2) is 18.2 Å². The zero-order valence-corrected chi connectivity index (χ0v) is 10.6. The van der Waals surface area contributed by atoms with Gasteiger partial charge in [-0.2, -0.15) is 0 Å². The Bertz CT molecular complexity index is 324. The van der Waals surface area contributed by atoms with Gasteiger partial charge in [0.25, 0.3) is 0 Å². The van der Waals surface area contributed by atoms with Gasteiger partial charge in [-0.15, -0.1) is 0 Å². The fourth-order valence-electron chi connectivity index (χ4n) is 1.43. The van der Waals surface area contributed by atoms with Crippen LogP contribution in [0.4, 0.5) is 0 Å². The quantitative estimate of drug-likeness (QED) is 0.738. The second-order valence-corrected chi connectivity index (χ2v) is 3.98. The molecular weight excluding hydrogens is 202 g/mol. The van der Waals surface area contributed by atoms with E-state index in [0.717, 1.165) is 24.5 Å². The predicted molar refractivity (Wildman–Crippen MR) is 66.4 cm³/mol. The van der Waals surface area contributed by atoms with E-state index in [0.29, 0.717) is 6.61 Å². The number of rotatable bonds is 6. The van der Waals surface area contributed by atoms with E-state index in [9.17, 15) is 0 Å². The molecule has 90 valence electrons. The van der Waals surface area contributed by atoms with Crippen LogP contribution >= 0.6 is 0 Å². The van der Waals surface area contributed by atoms with Crippen molar-refractivity contribution in [3.8, 4) is 11.5 Å². The Morgan fingerprint density at radius 3 is 2.56 bits per heavy atom. The van der Waals surface area contributed by atoms with Crippen LogP contribution in [0.3, 0.4) is 0 Å². The third kappa shape index (κ3) is 3.74. The Labute approximate surface area is 98.0 Å². The maximum Gasteiger partial charge on any atom is 0.126 e. The standard InChI is InChI=1S/C13H21NO2/c1-5-11-6-7-12(15-4)10-13(11)16-9-8-14(2)3/h6-7,10H,5,8-9H2,1-4H3. The monoisotopic (exact) mass is 223 g/mol. The highest BCUT2D eigenvalue weighted by Gasteiger charge is 2.04. The molecule has 0 aromatic heterocycles. The van der Waals surface area contributed by atoms with Crippen molar-refractivity contribution in [1.29, 1.82) is 0 Å². The average Bonchev–Trinajstić information content (AvgIpc) is 2.28. The summed E-state index contributed by atoms with van der Waals surface area (Å²) in [4.78, 5) is 2.10. The van der Waals surface area contributed by atoms with Crippen molar-refractivity contribution in [3.63, 3.8) is 0 Å². The first-order valence-electron chi connectivity index (χ1n) is 5.61. The average molecular weight is 223 g/mol. The number of ether oxygens (including phenoxy) is 2. The lowest BCUT2D eigenvalue weighted by Gasteiger charge is -2.14. The number of benzene rings is 1. The number of hydrogen-bond donors (Lipinski definition) is 0. The summed E-state index contributed by atoms with van der Waals surface area (Å²) in [5.74, 6) is 1.78. The molecule has 0 heterocycles. The Hall–Kier alpha value is -1.22. The van der Waals surface area contributed by atoms with Gasteiger partial charge in [0.2, 0.25) is 0 Å². The highest BCUT2D eigenvalue weighted by molar-refractivity contribution is 5.40. The van der Waals surface area contributed by atoms with Crippen molar-refractivity contribution >= 4 is 0 Å². The second-order valence-electron chi connectivity index (χ2n) is 3.98. The molecule has 0 fully saturated rings. The molecule has 3 nitrogen and oxygen atoms in total. The molecule has 0 unspecified atom stereocenters. The Kier molecular flexibility index (Phi) is 5.12. The normalized spacial score (nSPS) is 10.6. The van der Waals surface area contributed by atoms with Crippen LogP contribution in [0.1, 0.15) is 12.5 Å². The van der Waals surface area contributed by atoms with Gasteiger partial charge in [0, 0.05) is 12.6 Å². The van der Waals surface area contributed by atoms with Crippen LogP contribution in [0, 0.1) is 0 Å². The largest absolute Gasteiger partial charge is 0.497 e. The van der Waals surface area contributed by atoms with Gasteiger partial charge in [-0.25, -0.2) is 0 Å². The second kappa shape index (κ2) is 6.38. The first kappa shape index (κ1) is 12.8. The van der Waals surface area contributed by atoms with Crippen LogP contribution in [0.5, 0.6) is 11.5 Å². The topological polar surface area (TPSA) is 21.7 Å². The molecule has 3 heteroatoms. The molecule has 0 spiro atoms. The number of likely N-dealkylation sites (N-methyl/N-ethyl adjacent to an activating group) is 1. The minimum Gasteiger partial charge on any atom is -0.497 e. The van der Waals surface area contributed by atoms with Crippen LogP contribution in [-0.4, -0.2) is 39.3 Å². The van der Waals surface area contributed by atoms with Gasteiger partial charge in [-0.05, 0) is 32.1 Å². The van der Waals surface area contributed by atoms with E-state index in [1.165, 1.54) is 5.56 Å². The zero-order valence-electron chi connectivity index (χ0n) is 10.6. The molecule has 1 aromatic rings. The van der Waals surface area contributed by atoms with E-state index < -0.39 is 0 Å². The highest BCUT2D eigenvalue weighted by atomic mass is 16.5. The van der Waals surface area contributed by atoms with Crippen LogP contribution in [0.25, 0.3) is 0 Å². The molecular formula is C13H21NO2. The number of nitrogens with zero attached hydrogens (tertiary/aromatic N) is 1. The number of aryl methyl sites for hydroxylation is 1. The molecule has 0 N–H and O–H groups in total. The van der Waals surface area contributed by atoms with Crippen LogP contribution in [0.2, 0.25) is 0 Å². The molecule has 0 saturated carbocycles. The molecule has 0 aliphatic carbocycles. The summed E-state index contributed by atoms with van der Waals surface area (Å²) in [5, 5.41) is 0. The van der Waals surface area contributed by atoms with Gasteiger partial charge in [-0.3, -0.25) is 0 Å². The Morgan fingerprint density at radius 2 is 2.00 bits per heavy atom. The zero-order chi connectivity index (χ0) is 12.0. The van der Waals surface area contributed by atoms with Crippen molar-refractivity contribution < 1.29 is 9.47 Å². The van der Waals surface area contributed by atoms with Gasteiger partial charge < -0.3 is 14.4 Å². The molecule has 0 atom stereocenters. The molecule has 1 aromatic carbocycles. The molecule has 0 bridgehead atoms. The van der Waals surface area contributed by atoms with Crippen LogP contribution < -0.4 is 9.47 Å². The summed E-state index contributed by atoms with van der Waals surface area (Å²) in [6.45, 7) is 3.74. The van der Waals surface area contributed by atoms with E-state index >= 15 is 0 Å². The lowest BCUT2D eigenvalue weighted by molar-refractivity contribution is 0.258. The first-order chi connectivity index (χ1) is 7.67. The maximum atomic E-state index is 5.76. The van der Waals surface area contributed by atoms with E-state index in [1.807, 2.05) is 26.2 Å². The van der Waals surface area contributed by atoms with E-state index in [-0.39, 0.29) is 0 Å². The lowest BCUT2D eigenvalue weighted by atomic mass is 10.1. The van der Waals surface area contributed by atoms with Crippen LogP contribution in [-0.2, 0) is 6.42 Å². The number of methoxy groups -OCH3 is 1. The van der Waals surface area contributed by atoms with E-state index in [1.54, 1.807) is 7.11 Å². The molecule has 0 radical (unpaired) electrons. The minimum atomic E-state index is 0.702. The van der Waals surface area contributed by atoms with Gasteiger partial charge in [-0.1, -0.05) is 13.0 Å². The summed E-state index contributed by atoms with van der Waals surface area (Å²) in [6, 6.07) is 5.98. The van der Waals surface area contributed by atoms with Gasteiger partial charge >= 0.3 is 0 Å². The fourth-order valence-corrected chi connectivity index (χ4v) is 1.43. The third-order valence-corrected chi connectivity index (χ3v) is 2.45. The first-order valence-corrected chi connectivity index (χ1v) is 5.61. The summed E-state index contributed by atoms with van der Waals surface area (Å²) >= 11 is 0. The van der Waals surface area contributed by atoms with Crippen molar-refractivity contribution in [2.45, 2.75) is 13.3 Å². The van der Waals surface area contributed by atoms with Crippen molar-refractivity contribution in [2.24, 2.45) is 0 Å². The Morgan fingerprint density at radius 1 is 1.25 bits per heavy atom. The molecule has 0 aliphatic heterocycles. The molecule has 0 aliphatic rings. The molecule has 16 heavy (non-hydrogen) atoms. The minimum absolute atomic E-state index is 0.702. The van der Waals surface area contributed by atoms with Crippen molar-refractivity contribution in [1.82, 2.24) is 4.90 Å². The number of hydrogen-bond acceptors (Lipinski definition) is 3. The third-order valence-electron chi connectivity index (χ3n) is 2.45. The van der Waals surface area contributed by atoms with E-state index in [4.69, 9.17) is 9.47 Å². The summed E-state index contributed by atoms with van der Waals surface area (Å²) in [7, 11) is 5.75. The van der Waals surface area contributed by atoms with Gasteiger partial charge in [0.05, 0.1) is 7.11 Å². The van der Waals surface area contributed by atoms with Crippen molar-refractivity contribution in [2.75, 3.05) is 34.4 Å². The fraction of sp³-hybridized carbons (Fsp3) is 0.538. The smallest absolute Gasteiger partial charge is 0.126 e. The highest BCUT2D eigenvalue weighted by Crippen LogP contribution is 2.25. The summed E-state index contributed by atoms with van der Waals surface area (Å²) in [6.07, 6.45) is 0.974. The van der Waals surface area contributed by atoms with E-state index in [2.05, 4.69) is 17.9 Å². The molecule has 0 amide bonds. The molecule has 1 rings (SSSR count). The molecule has 0 saturated heterocycles. The Balaban J connectivity index is 2.67. The van der Waals surface area contributed by atoms with Gasteiger partial charge in [0.15, 0.2) is 0 Å². The summed E-state index contributed by atoms with van der Waals surface area (Å²) in [5.41, 5.74) is 1.22. The van der Waals surface area contributed by atoms with Crippen molar-refractivity contribution in [3.05, 3.63) is 23.8 Å². The SMILES string of the molecule is CCc1ccc(OC)cc1OCCN(C)C.